The number of hydrogen-bond donors (Lipinski definition) is 2. The number of rotatable bonds is 6. The van der Waals surface area contributed by atoms with Crippen molar-refractivity contribution in [3.63, 3.8) is 0 Å². The second-order valence-electron chi connectivity index (χ2n) is 7.50. The van der Waals surface area contributed by atoms with E-state index in [1.165, 1.54) is 0 Å². The van der Waals surface area contributed by atoms with E-state index in [0.29, 0.717) is 25.1 Å². The van der Waals surface area contributed by atoms with Crippen LogP contribution in [-0.2, 0) is 24.0 Å². The highest BCUT2D eigenvalue weighted by Crippen LogP contribution is 2.54. The summed E-state index contributed by atoms with van der Waals surface area (Å²) < 4.78 is 5.11. The van der Waals surface area contributed by atoms with Gasteiger partial charge in [-0.2, -0.15) is 0 Å². The lowest BCUT2D eigenvalue weighted by atomic mass is 10.0. The third kappa shape index (κ3) is 4.55. The van der Waals surface area contributed by atoms with Gasteiger partial charge in [0.1, 0.15) is 10.9 Å². The van der Waals surface area contributed by atoms with Gasteiger partial charge in [-0.25, -0.2) is 9.59 Å². The zero-order valence-corrected chi connectivity index (χ0v) is 17.3. The van der Waals surface area contributed by atoms with Gasteiger partial charge in [0, 0.05) is 18.7 Å². The molecule has 0 aromatic heterocycles. The molecular formula is C20H25N3O5S. The molecule has 0 unspecified atom stereocenters. The molecule has 0 bridgehead atoms. The Kier molecular flexibility index (Phi) is 6.46. The minimum atomic E-state index is -0.752. The number of benzene rings is 1. The second-order valence-corrected chi connectivity index (χ2v) is 8.80. The number of imide groups is 1. The smallest absolute Gasteiger partial charge is 0.330 e. The monoisotopic (exact) mass is 419 g/mol. The summed E-state index contributed by atoms with van der Waals surface area (Å²) in [6.07, 6.45) is 0.989. The highest BCUT2D eigenvalue weighted by molar-refractivity contribution is 8.00. The molecule has 8 nitrogen and oxygen atoms in total. The molecule has 2 N–H and O–H groups in total. The molecule has 0 saturated carbocycles. The predicted octanol–water partition coefficient (Wildman–Crippen LogP) is 1.60. The summed E-state index contributed by atoms with van der Waals surface area (Å²) in [5.41, 5.74) is 0.978. The fraction of sp³-hybridized carbons (Fsp3) is 0.500. The summed E-state index contributed by atoms with van der Waals surface area (Å²) >= 11 is 1.55. The van der Waals surface area contributed by atoms with Crippen LogP contribution < -0.4 is 10.6 Å². The third-order valence-corrected chi connectivity index (χ3v) is 6.49. The minimum absolute atomic E-state index is 0.0988. The third-order valence-electron chi connectivity index (χ3n) is 4.89. The number of ether oxygens (including phenoxy) is 1. The van der Waals surface area contributed by atoms with Crippen molar-refractivity contribution in [3.8, 4) is 0 Å². The normalized spacial score (nSPS) is 23.1. The number of urea groups is 1. The van der Waals surface area contributed by atoms with E-state index in [2.05, 4.69) is 10.6 Å². The van der Waals surface area contributed by atoms with Gasteiger partial charge in [-0.3, -0.25) is 14.9 Å². The Morgan fingerprint density at radius 3 is 2.69 bits per heavy atom. The fourth-order valence-electron chi connectivity index (χ4n) is 3.55. The molecule has 2 aliphatic rings. The van der Waals surface area contributed by atoms with E-state index in [1.807, 2.05) is 44.2 Å². The van der Waals surface area contributed by atoms with Crippen molar-refractivity contribution in [1.82, 2.24) is 15.5 Å². The van der Waals surface area contributed by atoms with Gasteiger partial charge in [0.05, 0.1) is 0 Å². The molecule has 2 atom stereocenters. The van der Waals surface area contributed by atoms with Crippen molar-refractivity contribution in [3.05, 3.63) is 35.9 Å². The van der Waals surface area contributed by atoms with Crippen molar-refractivity contribution < 1.29 is 23.9 Å². The van der Waals surface area contributed by atoms with Crippen molar-refractivity contribution in [1.29, 1.82) is 0 Å². The second kappa shape index (κ2) is 8.86. The average Bonchev–Trinajstić information content (AvgIpc) is 3.24. The molecule has 4 amide bonds. The van der Waals surface area contributed by atoms with Crippen molar-refractivity contribution in [2.24, 2.45) is 5.92 Å². The number of carbonyl (C=O) groups is 4. The van der Waals surface area contributed by atoms with E-state index in [0.717, 1.165) is 5.56 Å². The Morgan fingerprint density at radius 1 is 1.28 bits per heavy atom. The van der Waals surface area contributed by atoms with E-state index in [-0.39, 0.29) is 11.8 Å². The van der Waals surface area contributed by atoms with Gasteiger partial charge in [-0.05, 0) is 17.9 Å². The molecule has 1 aromatic carbocycles. The van der Waals surface area contributed by atoms with Gasteiger partial charge in [-0.1, -0.05) is 44.2 Å². The molecule has 9 heteroatoms. The van der Waals surface area contributed by atoms with E-state index >= 15 is 0 Å². The van der Waals surface area contributed by atoms with Crippen LogP contribution in [0.4, 0.5) is 4.79 Å². The van der Waals surface area contributed by atoms with Crippen LogP contribution >= 0.6 is 11.8 Å². The summed E-state index contributed by atoms with van der Waals surface area (Å²) in [5, 5.41) is 4.67. The van der Waals surface area contributed by atoms with Crippen LogP contribution in [0.5, 0.6) is 0 Å². The molecule has 3 rings (SSSR count). The van der Waals surface area contributed by atoms with Crippen LogP contribution in [0.15, 0.2) is 30.3 Å². The molecule has 156 valence electrons. The molecule has 2 heterocycles. The van der Waals surface area contributed by atoms with Gasteiger partial charge in [0.2, 0.25) is 5.91 Å². The molecule has 2 saturated heterocycles. The van der Waals surface area contributed by atoms with Crippen molar-refractivity contribution in [2.75, 3.05) is 18.9 Å². The number of hydrogen-bond acceptors (Lipinski definition) is 6. The number of esters is 1. The Labute approximate surface area is 173 Å². The maximum Gasteiger partial charge on any atom is 0.330 e. The van der Waals surface area contributed by atoms with E-state index in [1.54, 1.807) is 16.7 Å². The molecular weight excluding hydrogens is 394 g/mol. The van der Waals surface area contributed by atoms with Crippen LogP contribution in [0, 0.1) is 5.92 Å². The zero-order chi connectivity index (χ0) is 21.0. The summed E-state index contributed by atoms with van der Waals surface area (Å²) in [5.74, 6) is -0.805. The van der Waals surface area contributed by atoms with Gasteiger partial charge in [-0.15, -0.1) is 11.8 Å². The first-order valence-electron chi connectivity index (χ1n) is 9.59. The SMILES string of the molecule is CC(C)CNC(=O)NC(=O)COC(=O)[C@H]1CS[C@@]2(c3ccccc3)CCC(=O)N12. The van der Waals surface area contributed by atoms with Crippen LogP contribution in [0.1, 0.15) is 32.3 Å². The van der Waals surface area contributed by atoms with Crippen LogP contribution in [0.2, 0.25) is 0 Å². The Balaban J connectivity index is 1.58. The number of fused-ring (bicyclic) bond motifs is 1. The average molecular weight is 420 g/mol. The van der Waals surface area contributed by atoms with Gasteiger partial charge in [0.25, 0.3) is 5.91 Å². The lowest BCUT2D eigenvalue weighted by Gasteiger charge is -2.33. The summed E-state index contributed by atoms with van der Waals surface area (Å²) in [6, 6.07) is 8.25. The number of thioether (sulfide) groups is 1. The predicted molar refractivity (Wildman–Crippen MR) is 108 cm³/mol. The Bertz CT molecular complexity index is 801. The number of amides is 4. The lowest BCUT2D eigenvalue weighted by Crippen LogP contribution is -2.47. The summed E-state index contributed by atoms with van der Waals surface area (Å²) in [4.78, 5) is 49.6. The first-order chi connectivity index (χ1) is 13.8. The number of nitrogens with one attached hydrogen (secondary N) is 2. The van der Waals surface area contributed by atoms with Crippen molar-refractivity contribution >= 4 is 35.6 Å². The summed E-state index contributed by atoms with van der Waals surface area (Å²) in [6.45, 7) is 3.71. The van der Waals surface area contributed by atoms with Crippen molar-refractivity contribution in [2.45, 2.75) is 37.6 Å². The standard InChI is InChI=1S/C20H25N3O5S/c1-13(2)10-21-19(27)22-16(24)11-28-18(26)15-12-29-20(9-8-17(25)23(15)20)14-6-4-3-5-7-14/h3-7,13,15H,8-12H2,1-2H3,(H2,21,22,24,27)/t15-,20-/m1/s1. The quantitative estimate of drug-likeness (QED) is 0.679. The Hall–Kier alpha value is -2.55. The number of nitrogens with zero attached hydrogens (tertiary/aromatic N) is 1. The van der Waals surface area contributed by atoms with E-state index < -0.39 is 35.4 Å². The topological polar surface area (TPSA) is 105 Å². The highest BCUT2D eigenvalue weighted by Gasteiger charge is 2.57. The van der Waals surface area contributed by atoms with Gasteiger partial charge >= 0.3 is 12.0 Å². The van der Waals surface area contributed by atoms with Crippen LogP contribution in [0.25, 0.3) is 0 Å². The van der Waals surface area contributed by atoms with Crippen LogP contribution in [-0.4, -0.2) is 53.7 Å². The maximum atomic E-state index is 12.6. The molecule has 29 heavy (non-hydrogen) atoms. The molecule has 0 aliphatic carbocycles. The summed E-state index contributed by atoms with van der Waals surface area (Å²) in [7, 11) is 0. The molecule has 0 spiro atoms. The maximum absolute atomic E-state index is 12.6. The number of carbonyl (C=O) groups excluding carboxylic acids is 4. The van der Waals surface area contributed by atoms with E-state index in [9.17, 15) is 19.2 Å². The van der Waals surface area contributed by atoms with Gasteiger partial charge in [0.15, 0.2) is 6.61 Å². The molecule has 1 aromatic rings. The first kappa shape index (κ1) is 21.2. The van der Waals surface area contributed by atoms with E-state index in [4.69, 9.17) is 4.74 Å². The van der Waals surface area contributed by atoms with Crippen LogP contribution in [0.3, 0.4) is 0 Å². The lowest BCUT2D eigenvalue weighted by molar-refractivity contribution is -0.156. The minimum Gasteiger partial charge on any atom is -0.454 e. The molecule has 0 radical (unpaired) electrons. The molecule has 2 aliphatic heterocycles. The zero-order valence-electron chi connectivity index (χ0n) is 16.5. The molecule has 2 fully saturated rings. The van der Waals surface area contributed by atoms with Gasteiger partial charge < -0.3 is 15.0 Å². The first-order valence-corrected chi connectivity index (χ1v) is 10.6. The Morgan fingerprint density at radius 2 is 2.00 bits per heavy atom. The largest absolute Gasteiger partial charge is 0.454 e. The fourth-order valence-corrected chi connectivity index (χ4v) is 5.19. The highest BCUT2D eigenvalue weighted by atomic mass is 32.2.